The molecule has 262 valence electrons. The number of aromatic nitrogens is 2. The van der Waals surface area contributed by atoms with Gasteiger partial charge in [-0.3, -0.25) is 15.1 Å². The number of hydrogen-bond donors (Lipinski definition) is 2. The lowest BCUT2D eigenvalue weighted by atomic mass is 10.0. The van der Waals surface area contributed by atoms with E-state index < -0.39 is 27.3 Å². The molecule has 6 rings (SSSR count). The van der Waals surface area contributed by atoms with Crippen LogP contribution < -0.4 is 14.8 Å². The Morgan fingerprint density at radius 1 is 1.00 bits per heavy atom. The Hall–Kier alpha value is -4.61. The summed E-state index contributed by atoms with van der Waals surface area (Å²) < 4.78 is 40.2. The zero-order valence-electron chi connectivity index (χ0n) is 28.4. The van der Waals surface area contributed by atoms with Crippen molar-refractivity contribution < 1.29 is 27.5 Å². The van der Waals surface area contributed by atoms with Crippen molar-refractivity contribution in [1.82, 2.24) is 14.3 Å². The fourth-order valence-electron chi connectivity index (χ4n) is 6.32. The summed E-state index contributed by atoms with van der Waals surface area (Å²) >= 11 is 6.20. The molecule has 0 unspecified atom stereocenters. The number of nitrogens with zero attached hydrogens (tertiary/aromatic N) is 2. The van der Waals surface area contributed by atoms with Gasteiger partial charge in [0.1, 0.15) is 11.9 Å². The maximum absolute atomic E-state index is 12.8. The molecule has 0 aliphatic heterocycles. The van der Waals surface area contributed by atoms with Gasteiger partial charge in [0.2, 0.25) is 10.0 Å². The molecule has 0 bridgehead atoms. The molecule has 1 aliphatic carbocycles. The monoisotopic (exact) mass is 716 g/mol. The van der Waals surface area contributed by atoms with Crippen molar-refractivity contribution in [2.24, 2.45) is 0 Å². The van der Waals surface area contributed by atoms with Crippen LogP contribution in [0.1, 0.15) is 73.1 Å². The average Bonchev–Trinajstić information content (AvgIpc) is 3.72. The maximum Gasteiger partial charge on any atom is 0.411 e. The number of carbonyl (C=O) groups excluding carboxylic acids is 2. The molecule has 12 heteroatoms. The summed E-state index contributed by atoms with van der Waals surface area (Å²) in [5.74, 6) is -0.262. The first-order chi connectivity index (χ1) is 24.0. The normalized spacial score (nSPS) is 13.6. The van der Waals surface area contributed by atoms with Gasteiger partial charge in [0, 0.05) is 57.4 Å². The van der Waals surface area contributed by atoms with Crippen LogP contribution in [-0.2, 0) is 34.1 Å². The van der Waals surface area contributed by atoms with Gasteiger partial charge in [-0.15, -0.1) is 0 Å². The van der Waals surface area contributed by atoms with Gasteiger partial charge in [-0.1, -0.05) is 29.8 Å². The SMILES string of the molecule is COc1cc(C(=O)NS(=O)(=O)C(C)C)ccc1Cc1cn(CCCc2ccc3ccc(Cl)cc3n2)c2ccc(NC(=O)OC3CCCC3)cc12. The summed E-state index contributed by atoms with van der Waals surface area (Å²) in [6.07, 6.45) is 7.57. The maximum atomic E-state index is 12.8. The van der Waals surface area contributed by atoms with Crippen molar-refractivity contribution in [3.05, 3.63) is 100 Å². The molecule has 50 heavy (non-hydrogen) atoms. The second kappa shape index (κ2) is 15.1. The molecule has 1 fully saturated rings. The topological polar surface area (TPSA) is 129 Å². The van der Waals surface area contributed by atoms with Crippen molar-refractivity contribution in [2.45, 2.75) is 76.7 Å². The van der Waals surface area contributed by atoms with Crippen LogP contribution >= 0.6 is 11.6 Å². The highest BCUT2D eigenvalue weighted by atomic mass is 35.5. The van der Waals surface area contributed by atoms with Crippen molar-refractivity contribution in [3.8, 4) is 5.75 Å². The van der Waals surface area contributed by atoms with Crippen molar-refractivity contribution in [3.63, 3.8) is 0 Å². The number of hydrogen-bond acceptors (Lipinski definition) is 7. The number of pyridine rings is 1. The van der Waals surface area contributed by atoms with Gasteiger partial charge in [-0.2, -0.15) is 0 Å². The van der Waals surface area contributed by atoms with Gasteiger partial charge < -0.3 is 14.0 Å². The largest absolute Gasteiger partial charge is 0.496 e. The van der Waals surface area contributed by atoms with E-state index >= 15 is 0 Å². The molecular weight excluding hydrogens is 676 g/mol. The van der Waals surface area contributed by atoms with Gasteiger partial charge in [0.25, 0.3) is 5.91 Å². The van der Waals surface area contributed by atoms with Crippen LogP contribution in [-0.4, -0.2) is 48.4 Å². The highest BCUT2D eigenvalue weighted by molar-refractivity contribution is 7.90. The number of halogens is 1. The first kappa shape index (κ1) is 35.2. The smallest absolute Gasteiger partial charge is 0.411 e. The summed E-state index contributed by atoms with van der Waals surface area (Å²) in [6.45, 7) is 3.74. The van der Waals surface area contributed by atoms with Gasteiger partial charge in [0.05, 0.1) is 17.9 Å². The van der Waals surface area contributed by atoms with Crippen molar-refractivity contribution in [2.75, 3.05) is 12.4 Å². The lowest BCUT2D eigenvalue weighted by Crippen LogP contribution is -2.35. The molecule has 1 aliphatic rings. The van der Waals surface area contributed by atoms with E-state index in [4.69, 9.17) is 26.1 Å². The minimum Gasteiger partial charge on any atom is -0.496 e. The summed E-state index contributed by atoms with van der Waals surface area (Å²) in [7, 11) is -2.28. The lowest BCUT2D eigenvalue weighted by molar-refractivity contribution is 0.0980. The molecule has 0 radical (unpaired) electrons. The van der Waals surface area contributed by atoms with Crippen LogP contribution in [0, 0.1) is 0 Å². The van der Waals surface area contributed by atoms with Crippen LogP contribution in [0.3, 0.4) is 0 Å². The van der Waals surface area contributed by atoms with Gasteiger partial charge in [0.15, 0.2) is 0 Å². The van der Waals surface area contributed by atoms with E-state index in [-0.39, 0.29) is 11.7 Å². The number of carbonyl (C=O) groups is 2. The predicted molar refractivity (Wildman–Crippen MR) is 197 cm³/mol. The number of sulfonamides is 1. The van der Waals surface area contributed by atoms with Crippen LogP contribution in [0.2, 0.25) is 5.02 Å². The van der Waals surface area contributed by atoms with Crippen LogP contribution in [0.4, 0.5) is 10.5 Å². The minimum absolute atomic E-state index is 0.0487. The highest BCUT2D eigenvalue weighted by Gasteiger charge is 2.22. The molecule has 0 saturated heterocycles. The van der Waals surface area contributed by atoms with E-state index in [1.165, 1.54) is 21.0 Å². The molecule has 5 aromatic rings. The predicted octanol–water partition coefficient (Wildman–Crippen LogP) is 8.03. The third-order valence-electron chi connectivity index (χ3n) is 9.12. The van der Waals surface area contributed by atoms with Crippen molar-refractivity contribution >= 4 is 61.1 Å². The standard InChI is InChI=1S/C38H41ClN4O6S/c1-24(2)50(46,47)42-37(44)27-11-10-26(36(20-27)48-3)19-28-23-43(18-6-7-30-15-13-25-12-14-29(39)21-34(25)40-30)35-17-16-31(22-33(28)35)41-38(45)49-32-8-4-5-9-32/h10-17,20-24,32H,4-9,18-19H2,1-3H3,(H,41,45)(H,42,44). The summed E-state index contributed by atoms with van der Waals surface area (Å²) in [5, 5.41) is 4.80. The van der Waals surface area contributed by atoms with Crippen LogP contribution in [0.25, 0.3) is 21.8 Å². The first-order valence-corrected chi connectivity index (χ1v) is 18.8. The number of rotatable bonds is 12. The van der Waals surface area contributed by atoms with Gasteiger partial charge in [-0.25, -0.2) is 17.9 Å². The number of fused-ring (bicyclic) bond motifs is 2. The van der Waals surface area contributed by atoms with E-state index in [2.05, 4.69) is 26.9 Å². The summed E-state index contributed by atoms with van der Waals surface area (Å²) in [5.41, 5.74) is 5.46. The molecule has 0 spiro atoms. The van der Waals surface area contributed by atoms with Gasteiger partial charge >= 0.3 is 6.09 Å². The minimum atomic E-state index is -3.79. The lowest BCUT2D eigenvalue weighted by Gasteiger charge is -2.13. The molecule has 3 aromatic carbocycles. The number of nitrogens with one attached hydrogen (secondary N) is 2. The third-order valence-corrected chi connectivity index (χ3v) is 11.1. The molecule has 2 amide bonds. The number of ether oxygens (including phenoxy) is 2. The highest BCUT2D eigenvalue weighted by Crippen LogP contribution is 2.31. The first-order valence-electron chi connectivity index (χ1n) is 16.9. The Morgan fingerprint density at radius 2 is 1.78 bits per heavy atom. The second-order valence-electron chi connectivity index (χ2n) is 13.0. The Morgan fingerprint density at radius 3 is 2.54 bits per heavy atom. The quantitative estimate of drug-likeness (QED) is 0.134. The van der Waals surface area contributed by atoms with E-state index in [0.29, 0.717) is 22.9 Å². The number of anilines is 1. The fourth-order valence-corrected chi connectivity index (χ4v) is 7.10. The Bertz CT molecular complexity index is 2160. The zero-order chi connectivity index (χ0) is 35.4. The van der Waals surface area contributed by atoms with Crippen molar-refractivity contribution in [1.29, 1.82) is 0 Å². The number of methoxy groups -OCH3 is 1. The molecule has 2 N–H and O–H groups in total. The van der Waals surface area contributed by atoms with E-state index in [0.717, 1.165) is 83.7 Å². The molecule has 2 aromatic heterocycles. The number of aryl methyl sites for hydroxylation is 2. The molecular formula is C38H41ClN4O6S. The molecule has 1 saturated carbocycles. The van der Waals surface area contributed by atoms with Crippen LogP contribution in [0.5, 0.6) is 5.75 Å². The fraction of sp³-hybridized carbons (Fsp3) is 0.342. The summed E-state index contributed by atoms with van der Waals surface area (Å²) in [4.78, 5) is 30.3. The Balaban J connectivity index is 1.26. The average molecular weight is 717 g/mol. The van der Waals surface area contributed by atoms with E-state index in [1.807, 2.05) is 42.5 Å². The Kier molecular flexibility index (Phi) is 10.6. The molecule has 0 atom stereocenters. The number of benzene rings is 3. The third kappa shape index (κ3) is 8.22. The van der Waals surface area contributed by atoms with E-state index in [1.54, 1.807) is 18.2 Å². The number of amides is 2. The zero-order valence-corrected chi connectivity index (χ0v) is 29.9. The van der Waals surface area contributed by atoms with E-state index in [9.17, 15) is 18.0 Å². The van der Waals surface area contributed by atoms with Crippen LogP contribution in [0.15, 0.2) is 72.9 Å². The van der Waals surface area contributed by atoms with Gasteiger partial charge in [-0.05, 0) is 112 Å². The molecule has 2 heterocycles. The second-order valence-corrected chi connectivity index (χ2v) is 15.7. The Labute approximate surface area is 297 Å². The molecule has 10 nitrogen and oxygen atoms in total. The summed E-state index contributed by atoms with van der Waals surface area (Å²) in [6, 6.07) is 20.6.